The molecule has 0 fully saturated rings. The van der Waals surface area contributed by atoms with E-state index >= 15 is 0 Å². The van der Waals surface area contributed by atoms with Crippen LogP contribution in [0.25, 0.3) is 0 Å². The van der Waals surface area contributed by atoms with Gasteiger partial charge < -0.3 is 20.5 Å². The van der Waals surface area contributed by atoms with Crippen LogP contribution in [-0.4, -0.2) is 30.6 Å². The SMILES string of the molecule is CCC(CC)c1cc(CNC(=NC)NCCC(=O)Nc2cccc(Cl)c2C)on1.I. The van der Waals surface area contributed by atoms with E-state index in [0.29, 0.717) is 36.4 Å². The number of anilines is 1. The minimum Gasteiger partial charge on any atom is -0.359 e. The van der Waals surface area contributed by atoms with E-state index in [0.717, 1.165) is 35.5 Å². The van der Waals surface area contributed by atoms with Gasteiger partial charge in [0.2, 0.25) is 5.91 Å². The molecule has 166 valence electrons. The second-order valence-corrected chi connectivity index (χ2v) is 7.20. The van der Waals surface area contributed by atoms with E-state index in [1.807, 2.05) is 25.1 Å². The summed E-state index contributed by atoms with van der Waals surface area (Å²) in [6.07, 6.45) is 2.37. The molecular formula is C21H31ClIN5O2. The summed E-state index contributed by atoms with van der Waals surface area (Å²) in [5, 5.41) is 14.0. The largest absolute Gasteiger partial charge is 0.359 e. The van der Waals surface area contributed by atoms with E-state index in [4.69, 9.17) is 16.1 Å². The average Bonchev–Trinajstić information content (AvgIpc) is 3.18. The van der Waals surface area contributed by atoms with Crippen LogP contribution < -0.4 is 16.0 Å². The zero-order valence-electron chi connectivity index (χ0n) is 17.9. The number of aromatic nitrogens is 1. The Bertz CT molecular complexity index is 837. The third-order valence-corrected chi connectivity index (χ3v) is 5.23. The minimum absolute atomic E-state index is 0. The molecule has 0 spiro atoms. The van der Waals surface area contributed by atoms with Gasteiger partial charge in [-0.2, -0.15) is 0 Å². The molecule has 0 atom stereocenters. The summed E-state index contributed by atoms with van der Waals surface area (Å²) in [5.41, 5.74) is 2.57. The summed E-state index contributed by atoms with van der Waals surface area (Å²) >= 11 is 6.08. The fourth-order valence-corrected chi connectivity index (χ4v) is 3.13. The van der Waals surface area contributed by atoms with Crippen molar-refractivity contribution >= 4 is 53.1 Å². The van der Waals surface area contributed by atoms with Crippen molar-refractivity contribution in [1.29, 1.82) is 0 Å². The van der Waals surface area contributed by atoms with Crippen LogP contribution in [0.15, 0.2) is 33.8 Å². The molecule has 1 heterocycles. The van der Waals surface area contributed by atoms with Gasteiger partial charge in [-0.3, -0.25) is 9.79 Å². The number of carbonyl (C=O) groups excluding carboxylic acids is 1. The molecule has 0 bridgehead atoms. The van der Waals surface area contributed by atoms with E-state index in [1.54, 1.807) is 13.1 Å². The number of guanidine groups is 1. The average molecular weight is 548 g/mol. The highest BCUT2D eigenvalue weighted by molar-refractivity contribution is 14.0. The number of hydrogen-bond acceptors (Lipinski definition) is 4. The second-order valence-electron chi connectivity index (χ2n) is 6.79. The van der Waals surface area contributed by atoms with E-state index in [1.165, 1.54) is 0 Å². The van der Waals surface area contributed by atoms with Gasteiger partial charge in [-0.25, -0.2) is 0 Å². The summed E-state index contributed by atoms with van der Waals surface area (Å²) in [4.78, 5) is 16.3. The van der Waals surface area contributed by atoms with Gasteiger partial charge in [-0.05, 0) is 37.5 Å². The van der Waals surface area contributed by atoms with Crippen molar-refractivity contribution < 1.29 is 9.32 Å². The molecular weight excluding hydrogens is 517 g/mol. The molecule has 1 amide bonds. The number of nitrogens with one attached hydrogen (secondary N) is 3. The van der Waals surface area contributed by atoms with Crippen molar-refractivity contribution in [3.8, 4) is 0 Å². The Balaban J connectivity index is 0.00000450. The Morgan fingerprint density at radius 1 is 1.27 bits per heavy atom. The van der Waals surface area contributed by atoms with Gasteiger partial charge in [0.15, 0.2) is 11.7 Å². The normalized spacial score (nSPS) is 11.2. The van der Waals surface area contributed by atoms with E-state index in [-0.39, 0.29) is 29.9 Å². The van der Waals surface area contributed by atoms with Gasteiger partial charge in [-0.15, -0.1) is 24.0 Å². The predicted octanol–water partition coefficient (Wildman–Crippen LogP) is 4.85. The summed E-state index contributed by atoms with van der Waals surface area (Å²) in [7, 11) is 1.68. The molecule has 9 heteroatoms. The van der Waals surface area contributed by atoms with Gasteiger partial charge in [0.25, 0.3) is 0 Å². The second kappa shape index (κ2) is 13.5. The number of rotatable bonds is 9. The Morgan fingerprint density at radius 3 is 2.67 bits per heavy atom. The summed E-state index contributed by atoms with van der Waals surface area (Å²) < 4.78 is 5.40. The van der Waals surface area contributed by atoms with E-state index < -0.39 is 0 Å². The van der Waals surface area contributed by atoms with Gasteiger partial charge >= 0.3 is 0 Å². The first-order chi connectivity index (χ1) is 14.0. The minimum atomic E-state index is -0.0941. The highest BCUT2D eigenvalue weighted by atomic mass is 127. The molecule has 2 aromatic rings. The standard InChI is InChI=1S/C21H30ClN5O2.HI/c1-5-15(6-2)19-12-16(29-27-19)13-25-21(23-4)24-11-10-20(28)26-18-9-7-8-17(22)14(18)3;/h7-9,12,15H,5-6,10-11,13H2,1-4H3,(H,26,28)(H2,23,24,25);1H. The highest BCUT2D eigenvalue weighted by Crippen LogP contribution is 2.23. The number of aliphatic imine (C=N–C) groups is 1. The smallest absolute Gasteiger partial charge is 0.226 e. The van der Waals surface area contributed by atoms with Crippen LogP contribution in [0, 0.1) is 6.92 Å². The number of benzene rings is 1. The van der Waals surface area contributed by atoms with Crippen LogP contribution in [0.5, 0.6) is 0 Å². The first kappa shape index (κ1) is 26.2. The fraction of sp³-hybridized carbons (Fsp3) is 0.476. The number of halogens is 2. The quantitative estimate of drug-likeness (QED) is 0.237. The molecule has 7 nitrogen and oxygen atoms in total. The number of nitrogens with zero attached hydrogens (tertiary/aromatic N) is 2. The third-order valence-electron chi connectivity index (χ3n) is 4.82. The molecule has 0 saturated carbocycles. The first-order valence-electron chi connectivity index (χ1n) is 9.93. The number of carbonyl (C=O) groups is 1. The van der Waals surface area contributed by atoms with E-state index in [2.05, 4.69) is 39.9 Å². The first-order valence-corrected chi connectivity index (χ1v) is 10.3. The lowest BCUT2D eigenvalue weighted by Gasteiger charge is -2.12. The lowest BCUT2D eigenvalue weighted by molar-refractivity contribution is -0.116. The molecule has 0 radical (unpaired) electrons. The molecule has 0 aliphatic heterocycles. The Kier molecular flexibility index (Phi) is 11.8. The molecule has 3 N–H and O–H groups in total. The Hall–Kier alpha value is -1.81. The topological polar surface area (TPSA) is 91.5 Å². The number of hydrogen-bond donors (Lipinski definition) is 3. The van der Waals surface area contributed by atoms with Crippen LogP contribution in [0.3, 0.4) is 0 Å². The molecule has 0 unspecified atom stereocenters. The number of amides is 1. The fourth-order valence-electron chi connectivity index (χ4n) is 2.95. The van der Waals surface area contributed by atoms with Crippen molar-refractivity contribution in [3.63, 3.8) is 0 Å². The maximum absolute atomic E-state index is 12.2. The predicted molar refractivity (Wildman–Crippen MR) is 133 cm³/mol. The van der Waals surface area contributed by atoms with Crippen LogP contribution >= 0.6 is 35.6 Å². The van der Waals surface area contributed by atoms with Gasteiger partial charge in [0, 0.05) is 42.7 Å². The van der Waals surface area contributed by atoms with Crippen molar-refractivity contribution in [2.24, 2.45) is 4.99 Å². The van der Waals surface area contributed by atoms with Gasteiger partial charge in [-0.1, -0.05) is 36.7 Å². The Morgan fingerprint density at radius 2 is 2.00 bits per heavy atom. The molecule has 1 aromatic carbocycles. The Labute approximate surface area is 200 Å². The maximum atomic E-state index is 12.2. The molecule has 0 aliphatic rings. The van der Waals surface area contributed by atoms with Crippen molar-refractivity contribution in [2.45, 2.75) is 52.5 Å². The molecule has 0 aliphatic carbocycles. The molecule has 30 heavy (non-hydrogen) atoms. The van der Waals surface area contributed by atoms with Crippen molar-refractivity contribution in [1.82, 2.24) is 15.8 Å². The van der Waals surface area contributed by atoms with Crippen LogP contribution in [0.4, 0.5) is 5.69 Å². The van der Waals surface area contributed by atoms with E-state index in [9.17, 15) is 4.79 Å². The van der Waals surface area contributed by atoms with Crippen molar-refractivity contribution in [2.75, 3.05) is 18.9 Å². The zero-order chi connectivity index (χ0) is 21.2. The third kappa shape index (κ3) is 7.79. The summed E-state index contributed by atoms with van der Waals surface area (Å²) in [5.74, 6) is 1.68. The van der Waals surface area contributed by atoms with Crippen LogP contribution in [0.1, 0.15) is 56.0 Å². The van der Waals surface area contributed by atoms with Crippen LogP contribution in [-0.2, 0) is 11.3 Å². The molecule has 1 aromatic heterocycles. The summed E-state index contributed by atoms with van der Waals surface area (Å²) in [6, 6.07) is 7.43. The monoisotopic (exact) mass is 547 g/mol. The zero-order valence-corrected chi connectivity index (χ0v) is 21.0. The van der Waals surface area contributed by atoms with Gasteiger partial charge in [0.05, 0.1) is 12.2 Å². The lowest BCUT2D eigenvalue weighted by atomic mass is 9.99. The maximum Gasteiger partial charge on any atom is 0.226 e. The molecule has 2 rings (SSSR count). The highest BCUT2D eigenvalue weighted by Gasteiger charge is 2.13. The van der Waals surface area contributed by atoms with Crippen molar-refractivity contribution in [3.05, 3.63) is 46.3 Å². The lowest BCUT2D eigenvalue weighted by Crippen LogP contribution is -2.38. The summed E-state index contributed by atoms with van der Waals surface area (Å²) in [6.45, 7) is 7.09. The van der Waals surface area contributed by atoms with Crippen LogP contribution in [0.2, 0.25) is 5.02 Å². The molecule has 0 saturated heterocycles. The van der Waals surface area contributed by atoms with Gasteiger partial charge in [0.1, 0.15) is 0 Å².